The Morgan fingerprint density at radius 3 is 3.15 bits per heavy atom. The van der Waals surface area contributed by atoms with Crippen molar-refractivity contribution in [3.8, 4) is 0 Å². The van der Waals surface area contributed by atoms with E-state index in [1.54, 1.807) is 0 Å². The lowest BCUT2D eigenvalue weighted by Crippen LogP contribution is -2.36. The number of hydrogen-bond donors (Lipinski definition) is 1. The van der Waals surface area contributed by atoms with Gasteiger partial charge in [-0.15, -0.1) is 0 Å². The van der Waals surface area contributed by atoms with Crippen LogP contribution in [0.3, 0.4) is 0 Å². The molecule has 0 radical (unpaired) electrons. The van der Waals surface area contributed by atoms with Gasteiger partial charge in [0.25, 0.3) is 0 Å². The highest BCUT2D eigenvalue weighted by Crippen LogP contribution is 2.29. The number of aryl methyl sites for hydroxylation is 1. The number of fused-ring (bicyclic) bond motifs is 2. The molecule has 0 saturated carbocycles. The molecule has 2 aliphatic rings. The summed E-state index contributed by atoms with van der Waals surface area (Å²) in [5.41, 5.74) is 3.79. The van der Waals surface area contributed by atoms with E-state index in [1.807, 2.05) is 30.0 Å². The number of H-pyrrole nitrogens is 1. The minimum absolute atomic E-state index is 0.116. The summed E-state index contributed by atoms with van der Waals surface area (Å²) in [6, 6.07) is 5.95. The van der Waals surface area contributed by atoms with Crippen molar-refractivity contribution in [3.63, 3.8) is 0 Å². The zero-order valence-electron chi connectivity index (χ0n) is 15.3. The van der Waals surface area contributed by atoms with Crippen molar-refractivity contribution in [2.75, 3.05) is 19.8 Å². The average molecular weight is 366 g/mol. The fourth-order valence-corrected chi connectivity index (χ4v) is 3.92. The second-order valence-electron chi connectivity index (χ2n) is 7.40. The number of imidazole rings is 1. The highest BCUT2D eigenvalue weighted by Gasteiger charge is 2.29. The Balaban J connectivity index is 1.29. The highest BCUT2D eigenvalue weighted by molar-refractivity contribution is 5.82. The third-order valence-corrected chi connectivity index (χ3v) is 5.40. The minimum Gasteiger partial charge on any atom is -0.445 e. The van der Waals surface area contributed by atoms with Gasteiger partial charge < -0.3 is 19.0 Å². The number of carbonyl (C=O) groups is 1. The molecule has 1 N–H and O–H groups in total. The highest BCUT2D eigenvalue weighted by atomic mass is 16.5. The lowest BCUT2D eigenvalue weighted by molar-refractivity contribution is -0.131. The van der Waals surface area contributed by atoms with Gasteiger partial charge in [0.2, 0.25) is 5.91 Å². The van der Waals surface area contributed by atoms with Crippen LogP contribution >= 0.6 is 0 Å². The van der Waals surface area contributed by atoms with Gasteiger partial charge in [0.15, 0.2) is 5.89 Å². The van der Waals surface area contributed by atoms with Crippen molar-refractivity contribution < 1.29 is 13.9 Å². The van der Waals surface area contributed by atoms with Gasteiger partial charge in [-0.3, -0.25) is 4.79 Å². The number of carbonyl (C=O) groups excluding carboxylic acids is 1. The molecule has 1 saturated heterocycles. The molecule has 7 heteroatoms. The zero-order chi connectivity index (χ0) is 18.4. The Labute approximate surface area is 156 Å². The second kappa shape index (κ2) is 6.49. The van der Waals surface area contributed by atoms with Gasteiger partial charge in [-0.2, -0.15) is 0 Å². The quantitative estimate of drug-likeness (QED) is 0.770. The molecule has 27 heavy (non-hydrogen) atoms. The molecule has 5 rings (SSSR count). The van der Waals surface area contributed by atoms with Crippen LogP contribution in [0.25, 0.3) is 11.0 Å². The Hall–Kier alpha value is -2.67. The lowest BCUT2D eigenvalue weighted by Gasteiger charge is -2.25. The van der Waals surface area contributed by atoms with Crippen molar-refractivity contribution >= 4 is 16.9 Å². The van der Waals surface area contributed by atoms with Gasteiger partial charge in [-0.05, 0) is 31.0 Å². The first-order chi connectivity index (χ1) is 13.2. The molecule has 140 valence electrons. The summed E-state index contributed by atoms with van der Waals surface area (Å²) in [6.07, 6.45) is 2.06. The van der Waals surface area contributed by atoms with Gasteiger partial charge in [0.1, 0.15) is 17.3 Å². The summed E-state index contributed by atoms with van der Waals surface area (Å²) in [4.78, 5) is 27.0. The molecule has 2 aromatic heterocycles. The summed E-state index contributed by atoms with van der Waals surface area (Å²) >= 11 is 0. The third-order valence-electron chi connectivity index (χ3n) is 5.40. The van der Waals surface area contributed by atoms with E-state index >= 15 is 0 Å². The lowest BCUT2D eigenvalue weighted by atomic mass is 10.1. The van der Waals surface area contributed by atoms with Crippen molar-refractivity contribution in [1.82, 2.24) is 19.9 Å². The summed E-state index contributed by atoms with van der Waals surface area (Å²) in [6.45, 7) is 4.57. The smallest absolute Gasteiger partial charge is 0.227 e. The van der Waals surface area contributed by atoms with Crippen LogP contribution in [0.15, 0.2) is 22.6 Å². The molecule has 2 aliphatic heterocycles. The van der Waals surface area contributed by atoms with Gasteiger partial charge in [-0.1, -0.05) is 6.07 Å². The number of amides is 1. The van der Waals surface area contributed by atoms with E-state index in [0.29, 0.717) is 26.1 Å². The van der Waals surface area contributed by atoms with Crippen LogP contribution in [0.1, 0.15) is 41.1 Å². The maximum Gasteiger partial charge on any atom is 0.227 e. The molecule has 7 nitrogen and oxygen atoms in total. The maximum atomic E-state index is 12.8. The maximum absolute atomic E-state index is 12.8. The number of nitrogens with zero attached hydrogens (tertiary/aromatic N) is 3. The molecular formula is C20H22N4O3. The summed E-state index contributed by atoms with van der Waals surface area (Å²) in [5, 5.41) is 0. The van der Waals surface area contributed by atoms with E-state index in [-0.39, 0.29) is 11.8 Å². The van der Waals surface area contributed by atoms with Crippen molar-refractivity contribution in [2.24, 2.45) is 0 Å². The Morgan fingerprint density at radius 2 is 2.30 bits per heavy atom. The Morgan fingerprint density at radius 1 is 1.37 bits per heavy atom. The molecule has 3 aromatic rings. The first kappa shape index (κ1) is 16.5. The van der Waals surface area contributed by atoms with Gasteiger partial charge >= 0.3 is 0 Å². The average Bonchev–Trinajstić information content (AvgIpc) is 3.38. The standard InChI is InChI=1S/C20H22N4O3/c1-12-21-15-3-2-13(8-16(15)22-12)9-19(25)24-6-4-18-17(10-24)23-20(27-18)14-5-7-26-11-14/h2-3,8,14H,4-7,9-11H2,1H3,(H,21,22). The van der Waals surface area contributed by atoms with E-state index < -0.39 is 0 Å². The van der Waals surface area contributed by atoms with Gasteiger partial charge in [0.05, 0.1) is 36.5 Å². The predicted molar refractivity (Wildman–Crippen MR) is 98.3 cm³/mol. The van der Waals surface area contributed by atoms with E-state index in [1.165, 1.54) is 0 Å². The van der Waals surface area contributed by atoms with Crippen LogP contribution in [0.2, 0.25) is 0 Å². The number of rotatable bonds is 3. The number of ether oxygens (including phenoxy) is 1. The summed E-state index contributed by atoms with van der Waals surface area (Å²) in [5.74, 6) is 2.95. The molecule has 1 atom stereocenters. The molecule has 1 fully saturated rings. The first-order valence-electron chi connectivity index (χ1n) is 9.45. The SMILES string of the molecule is Cc1nc2ccc(CC(=O)N3CCc4oc(C5CCOC5)nc4C3)cc2[nH]1. The summed E-state index contributed by atoms with van der Waals surface area (Å²) < 4.78 is 11.4. The van der Waals surface area contributed by atoms with Gasteiger partial charge in [-0.25, -0.2) is 9.97 Å². The Kier molecular flexibility index (Phi) is 3.97. The van der Waals surface area contributed by atoms with Crippen LogP contribution in [0, 0.1) is 6.92 Å². The molecule has 0 aliphatic carbocycles. The number of hydrogen-bond acceptors (Lipinski definition) is 5. The van der Waals surface area contributed by atoms with Crippen molar-refractivity contribution in [1.29, 1.82) is 0 Å². The number of aromatic amines is 1. The molecule has 4 heterocycles. The number of benzene rings is 1. The molecule has 1 unspecified atom stereocenters. The van der Waals surface area contributed by atoms with E-state index in [9.17, 15) is 4.79 Å². The molecule has 0 spiro atoms. The van der Waals surface area contributed by atoms with E-state index in [0.717, 1.165) is 59.2 Å². The van der Waals surface area contributed by atoms with E-state index in [4.69, 9.17) is 9.15 Å². The topological polar surface area (TPSA) is 84.2 Å². The molecular weight excluding hydrogens is 344 g/mol. The minimum atomic E-state index is 0.116. The first-order valence-corrected chi connectivity index (χ1v) is 9.45. The van der Waals surface area contributed by atoms with Crippen molar-refractivity contribution in [2.45, 2.75) is 38.6 Å². The van der Waals surface area contributed by atoms with Crippen LogP contribution in [-0.4, -0.2) is 45.5 Å². The van der Waals surface area contributed by atoms with E-state index in [2.05, 4.69) is 15.0 Å². The molecule has 0 bridgehead atoms. The largest absolute Gasteiger partial charge is 0.445 e. The third kappa shape index (κ3) is 3.12. The van der Waals surface area contributed by atoms with Crippen molar-refractivity contribution in [3.05, 3.63) is 46.9 Å². The normalized spacial score (nSPS) is 19.6. The van der Waals surface area contributed by atoms with Crippen LogP contribution in [0.5, 0.6) is 0 Å². The number of nitrogens with one attached hydrogen (secondary N) is 1. The fraction of sp³-hybridized carbons (Fsp3) is 0.450. The molecule has 1 aromatic carbocycles. The Bertz CT molecular complexity index is 1000. The zero-order valence-corrected chi connectivity index (χ0v) is 15.3. The van der Waals surface area contributed by atoms with Crippen LogP contribution in [0.4, 0.5) is 0 Å². The fourth-order valence-electron chi connectivity index (χ4n) is 3.92. The second-order valence-corrected chi connectivity index (χ2v) is 7.40. The summed E-state index contributed by atoms with van der Waals surface area (Å²) in [7, 11) is 0. The monoisotopic (exact) mass is 366 g/mol. The van der Waals surface area contributed by atoms with Crippen LogP contribution in [-0.2, 0) is 28.9 Å². The number of oxazole rings is 1. The predicted octanol–water partition coefficient (Wildman–Crippen LogP) is 2.49. The van der Waals surface area contributed by atoms with Crippen LogP contribution < -0.4 is 0 Å². The number of aromatic nitrogens is 3. The van der Waals surface area contributed by atoms with Gasteiger partial charge in [0, 0.05) is 19.6 Å². The molecule has 1 amide bonds.